The number of imidazole rings is 1. The number of nitrogens with zero attached hydrogens (tertiary/aromatic N) is 4. The molecule has 4 aromatic rings. The summed E-state index contributed by atoms with van der Waals surface area (Å²) in [4.78, 5) is 20.1. The number of hydrogen-bond acceptors (Lipinski definition) is 6. The molecular formula is C25H29ClN6OS. The van der Waals surface area contributed by atoms with E-state index in [1.165, 1.54) is 16.9 Å². The lowest BCUT2D eigenvalue weighted by atomic mass is 10.1. The zero-order valence-corrected chi connectivity index (χ0v) is 21.8. The third kappa shape index (κ3) is 5.34. The standard InChI is InChI=1S/C25H29ClN6OS/c1-15-7-10-17(11-8-15)21-22(29-25(3,4)5)32-23(28-21)34-24(30-32)31(6)14-20(33)27-19-13-18(26)12-9-16(19)2/h7-13,29H,14H2,1-6H3,(H,27,33). The van der Waals surface area contributed by atoms with Crippen LogP contribution in [-0.2, 0) is 4.79 Å². The zero-order chi connectivity index (χ0) is 24.6. The van der Waals surface area contributed by atoms with E-state index < -0.39 is 0 Å². The first kappa shape index (κ1) is 24.0. The highest BCUT2D eigenvalue weighted by molar-refractivity contribution is 7.20. The lowest BCUT2D eigenvalue weighted by Crippen LogP contribution is -2.30. The summed E-state index contributed by atoms with van der Waals surface area (Å²) in [6, 6.07) is 13.7. The average molecular weight is 497 g/mol. The molecular weight excluding hydrogens is 468 g/mol. The van der Waals surface area contributed by atoms with Crippen molar-refractivity contribution in [1.29, 1.82) is 0 Å². The minimum atomic E-state index is -0.181. The fourth-order valence-electron chi connectivity index (χ4n) is 3.47. The molecule has 0 spiro atoms. The van der Waals surface area contributed by atoms with Crippen LogP contribution < -0.4 is 15.5 Å². The monoisotopic (exact) mass is 496 g/mol. The van der Waals surface area contributed by atoms with Gasteiger partial charge in [0.25, 0.3) is 0 Å². The maximum atomic E-state index is 12.7. The molecule has 0 saturated heterocycles. The lowest BCUT2D eigenvalue weighted by Gasteiger charge is -2.22. The number of likely N-dealkylation sites (N-methyl/N-ethyl adjacent to an activating group) is 1. The molecule has 2 aromatic carbocycles. The predicted octanol–water partition coefficient (Wildman–Crippen LogP) is 6.01. The Kier molecular flexibility index (Phi) is 6.55. The number of aryl methyl sites for hydroxylation is 2. The molecule has 9 heteroatoms. The van der Waals surface area contributed by atoms with Gasteiger partial charge in [0.05, 0.1) is 6.54 Å². The van der Waals surface area contributed by atoms with Crippen molar-refractivity contribution in [3.05, 3.63) is 58.6 Å². The maximum Gasteiger partial charge on any atom is 0.243 e. The minimum Gasteiger partial charge on any atom is -0.364 e. The number of rotatable bonds is 6. The van der Waals surface area contributed by atoms with E-state index in [-0.39, 0.29) is 18.0 Å². The maximum absolute atomic E-state index is 12.7. The molecule has 2 heterocycles. The molecule has 0 bridgehead atoms. The number of benzene rings is 2. The summed E-state index contributed by atoms with van der Waals surface area (Å²) in [5.41, 5.74) is 4.57. The van der Waals surface area contributed by atoms with Crippen molar-refractivity contribution < 1.29 is 4.79 Å². The van der Waals surface area contributed by atoms with Gasteiger partial charge in [-0.3, -0.25) is 4.79 Å². The molecule has 0 radical (unpaired) electrons. The number of carbonyl (C=O) groups is 1. The van der Waals surface area contributed by atoms with Gasteiger partial charge in [-0.1, -0.05) is 58.8 Å². The number of fused-ring (bicyclic) bond motifs is 1. The third-order valence-electron chi connectivity index (χ3n) is 5.19. The molecule has 4 rings (SSSR count). The molecule has 1 amide bonds. The van der Waals surface area contributed by atoms with Crippen LogP contribution in [0.25, 0.3) is 16.2 Å². The summed E-state index contributed by atoms with van der Waals surface area (Å²) in [5, 5.41) is 12.6. The zero-order valence-electron chi connectivity index (χ0n) is 20.2. The Morgan fingerprint density at radius 1 is 1.15 bits per heavy atom. The van der Waals surface area contributed by atoms with Gasteiger partial charge >= 0.3 is 0 Å². The fourth-order valence-corrected chi connectivity index (χ4v) is 4.51. The Hall–Kier alpha value is -3.10. The first-order valence-corrected chi connectivity index (χ1v) is 12.2. The number of halogens is 1. The largest absolute Gasteiger partial charge is 0.364 e. The molecule has 0 aliphatic carbocycles. The second-order valence-corrected chi connectivity index (χ2v) is 10.9. The molecule has 0 fully saturated rings. The molecule has 0 aliphatic rings. The molecule has 0 unspecified atom stereocenters. The Labute approximate surface area is 208 Å². The smallest absolute Gasteiger partial charge is 0.243 e. The van der Waals surface area contributed by atoms with Gasteiger partial charge in [0.2, 0.25) is 16.0 Å². The molecule has 2 aromatic heterocycles. The van der Waals surface area contributed by atoms with Crippen molar-refractivity contribution in [2.24, 2.45) is 0 Å². The summed E-state index contributed by atoms with van der Waals surface area (Å²) in [7, 11) is 1.85. The van der Waals surface area contributed by atoms with Crippen LogP contribution in [-0.4, -0.2) is 39.6 Å². The SMILES string of the molecule is Cc1ccc(-c2nc3sc(N(C)CC(=O)Nc4cc(Cl)ccc4C)nn3c2NC(C)(C)C)cc1. The Bertz CT molecular complexity index is 1340. The number of amides is 1. The van der Waals surface area contributed by atoms with Crippen LogP contribution in [0.4, 0.5) is 16.6 Å². The number of hydrogen-bond donors (Lipinski definition) is 2. The first-order valence-electron chi connectivity index (χ1n) is 11.0. The van der Waals surface area contributed by atoms with Crippen molar-refractivity contribution >= 4 is 50.4 Å². The predicted molar refractivity (Wildman–Crippen MR) is 143 cm³/mol. The first-order chi connectivity index (χ1) is 16.0. The van der Waals surface area contributed by atoms with Crippen molar-refractivity contribution in [3.63, 3.8) is 0 Å². The molecule has 7 nitrogen and oxygen atoms in total. The van der Waals surface area contributed by atoms with E-state index in [1.54, 1.807) is 12.1 Å². The summed E-state index contributed by atoms with van der Waals surface area (Å²) in [6.45, 7) is 10.5. The molecule has 0 aliphatic heterocycles. The molecule has 34 heavy (non-hydrogen) atoms. The van der Waals surface area contributed by atoms with Gasteiger partial charge in [-0.05, 0) is 52.3 Å². The lowest BCUT2D eigenvalue weighted by molar-refractivity contribution is -0.114. The quantitative estimate of drug-likeness (QED) is 0.341. The van der Waals surface area contributed by atoms with Gasteiger partial charge in [-0.25, -0.2) is 4.98 Å². The number of aromatic nitrogens is 3. The molecule has 0 saturated carbocycles. The fraction of sp³-hybridized carbons (Fsp3) is 0.320. The van der Waals surface area contributed by atoms with Crippen LogP contribution >= 0.6 is 22.9 Å². The van der Waals surface area contributed by atoms with Crippen molar-refractivity contribution in [3.8, 4) is 11.3 Å². The van der Waals surface area contributed by atoms with E-state index in [0.29, 0.717) is 15.8 Å². The van der Waals surface area contributed by atoms with Crippen molar-refractivity contribution in [1.82, 2.24) is 14.6 Å². The second-order valence-electron chi connectivity index (χ2n) is 9.49. The summed E-state index contributed by atoms with van der Waals surface area (Å²) in [6.07, 6.45) is 0. The van der Waals surface area contributed by atoms with Crippen LogP contribution in [0.1, 0.15) is 31.9 Å². The van der Waals surface area contributed by atoms with E-state index in [9.17, 15) is 4.79 Å². The van der Waals surface area contributed by atoms with E-state index >= 15 is 0 Å². The van der Waals surface area contributed by atoms with Gasteiger partial charge in [0.1, 0.15) is 5.69 Å². The van der Waals surface area contributed by atoms with Gasteiger partial charge in [-0.2, -0.15) is 4.52 Å². The third-order valence-corrected chi connectivity index (χ3v) is 6.45. The topological polar surface area (TPSA) is 74.6 Å². The highest BCUT2D eigenvalue weighted by Crippen LogP contribution is 2.34. The highest BCUT2D eigenvalue weighted by atomic mass is 35.5. The van der Waals surface area contributed by atoms with Crippen LogP contribution in [0.5, 0.6) is 0 Å². The molecule has 2 N–H and O–H groups in total. The van der Waals surface area contributed by atoms with Crippen LogP contribution in [0.2, 0.25) is 5.02 Å². The van der Waals surface area contributed by atoms with Crippen LogP contribution in [0, 0.1) is 13.8 Å². The molecule has 178 valence electrons. The molecule has 0 atom stereocenters. The van der Waals surface area contributed by atoms with Gasteiger partial charge < -0.3 is 15.5 Å². The van der Waals surface area contributed by atoms with Gasteiger partial charge in [-0.15, -0.1) is 5.10 Å². The van der Waals surface area contributed by atoms with E-state index in [4.69, 9.17) is 21.7 Å². The minimum absolute atomic E-state index is 0.144. The average Bonchev–Trinajstić information content (AvgIpc) is 3.30. The number of anilines is 3. The highest BCUT2D eigenvalue weighted by Gasteiger charge is 2.23. The summed E-state index contributed by atoms with van der Waals surface area (Å²) in [5.74, 6) is 0.690. The normalized spacial score (nSPS) is 11.6. The Morgan fingerprint density at radius 2 is 1.85 bits per heavy atom. The van der Waals surface area contributed by atoms with Gasteiger partial charge in [0.15, 0.2) is 5.82 Å². The number of nitrogens with one attached hydrogen (secondary N) is 2. The van der Waals surface area contributed by atoms with Crippen LogP contribution in [0.15, 0.2) is 42.5 Å². The summed E-state index contributed by atoms with van der Waals surface area (Å²) >= 11 is 7.52. The van der Waals surface area contributed by atoms with Crippen LogP contribution in [0.3, 0.4) is 0 Å². The second kappa shape index (κ2) is 9.27. The Balaban J connectivity index is 1.60. The van der Waals surface area contributed by atoms with E-state index in [0.717, 1.165) is 27.6 Å². The number of carbonyl (C=O) groups excluding carboxylic acids is 1. The van der Waals surface area contributed by atoms with Gasteiger partial charge in [0, 0.05) is 28.9 Å². The van der Waals surface area contributed by atoms with E-state index in [1.807, 2.05) is 29.5 Å². The Morgan fingerprint density at radius 3 is 2.53 bits per heavy atom. The van der Waals surface area contributed by atoms with Crippen molar-refractivity contribution in [2.45, 2.75) is 40.2 Å². The van der Waals surface area contributed by atoms with Crippen molar-refractivity contribution in [2.75, 3.05) is 29.1 Å². The summed E-state index contributed by atoms with van der Waals surface area (Å²) < 4.78 is 1.83. The van der Waals surface area contributed by atoms with E-state index in [2.05, 4.69) is 62.6 Å².